The highest BCUT2D eigenvalue weighted by atomic mass is 32.2. The topological polar surface area (TPSA) is 95.7 Å². The zero-order valence-corrected chi connectivity index (χ0v) is 10.7. The Morgan fingerprint density at radius 3 is 2.79 bits per heavy atom. The molecule has 2 N–H and O–H groups in total. The standard InChI is InChI=1S/C11H12FNO5S/c12-9-2-1-7(5-10(9)19(13,15)16)11(14)18-8-3-4-17-6-8/h1-2,5,8H,3-4,6H2,(H2,13,15,16). The molecule has 0 spiro atoms. The molecule has 1 aromatic rings. The van der Waals surface area contributed by atoms with Crippen LogP contribution in [0.2, 0.25) is 0 Å². The SMILES string of the molecule is NS(=O)(=O)c1cc(C(=O)OC2CCOC2)ccc1F. The van der Waals surface area contributed by atoms with Crippen LogP contribution in [0.5, 0.6) is 0 Å². The van der Waals surface area contributed by atoms with Gasteiger partial charge < -0.3 is 9.47 Å². The molecule has 0 radical (unpaired) electrons. The number of hydrogen-bond acceptors (Lipinski definition) is 5. The van der Waals surface area contributed by atoms with Crippen molar-refractivity contribution in [2.24, 2.45) is 5.14 Å². The Balaban J connectivity index is 2.23. The van der Waals surface area contributed by atoms with Gasteiger partial charge in [0.05, 0.1) is 18.8 Å². The second-order valence-electron chi connectivity index (χ2n) is 4.08. The van der Waals surface area contributed by atoms with Gasteiger partial charge in [-0.3, -0.25) is 0 Å². The summed E-state index contributed by atoms with van der Waals surface area (Å²) in [7, 11) is -4.22. The molecule has 19 heavy (non-hydrogen) atoms. The zero-order chi connectivity index (χ0) is 14.0. The number of carbonyl (C=O) groups excluding carboxylic acids is 1. The Labute approximate surface area is 109 Å². The highest BCUT2D eigenvalue weighted by molar-refractivity contribution is 7.89. The van der Waals surface area contributed by atoms with Crippen LogP contribution in [0.3, 0.4) is 0 Å². The summed E-state index contributed by atoms with van der Waals surface area (Å²) in [6.07, 6.45) is 0.213. The van der Waals surface area contributed by atoms with Gasteiger partial charge in [0, 0.05) is 6.42 Å². The molecule has 1 aliphatic rings. The lowest BCUT2D eigenvalue weighted by Crippen LogP contribution is -2.19. The Morgan fingerprint density at radius 2 is 2.21 bits per heavy atom. The molecule has 1 unspecified atom stereocenters. The third kappa shape index (κ3) is 3.28. The normalized spacial score (nSPS) is 19.4. The Kier molecular flexibility index (Phi) is 3.83. The van der Waals surface area contributed by atoms with Crippen molar-refractivity contribution >= 4 is 16.0 Å². The Bertz CT molecular complexity index is 595. The third-order valence-corrected chi connectivity index (χ3v) is 3.56. The predicted octanol–water partition coefficient (Wildman–Crippen LogP) is 0.419. The lowest BCUT2D eigenvalue weighted by Gasteiger charge is -2.10. The molecule has 0 aromatic heterocycles. The number of benzene rings is 1. The van der Waals surface area contributed by atoms with Crippen LogP contribution in [0.4, 0.5) is 4.39 Å². The van der Waals surface area contributed by atoms with Gasteiger partial charge in [-0.2, -0.15) is 0 Å². The lowest BCUT2D eigenvalue weighted by atomic mass is 10.2. The van der Waals surface area contributed by atoms with Crippen molar-refractivity contribution in [3.63, 3.8) is 0 Å². The molecule has 1 atom stereocenters. The first-order valence-electron chi connectivity index (χ1n) is 5.49. The van der Waals surface area contributed by atoms with Gasteiger partial charge in [0.1, 0.15) is 16.8 Å². The predicted molar refractivity (Wildman–Crippen MR) is 62.4 cm³/mol. The highest BCUT2D eigenvalue weighted by Crippen LogP contribution is 2.17. The zero-order valence-electron chi connectivity index (χ0n) is 9.84. The van der Waals surface area contributed by atoms with Crippen LogP contribution in [-0.4, -0.2) is 33.7 Å². The van der Waals surface area contributed by atoms with Crippen molar-refractivity contribution in [1.29, 1.82) is 0 Å². The quantitative estimate of drug-likeness (QED) is 0.813. The number of sulfonamides is 1. The molecular weight excluding hydrogens is 277 g/mol. The molecule has 1 saturated heterocycles. The number of nitrogens with two attached hydrogens (primary N) is 1. The van der Waals surface area contributed by atoms with Crippen molar-refractivity contribution < 1.29 is 27.1 Å². The summed E-state index contributed by atoms with van der Waals surface area (Å²) in [6, 6.07) is 2.87. The van der Waals surface area contributed by atoms with Crippen LogP contribution < -0.4 is 5.14 Å². The monoisotopic (exact) mass is 289 g/mol. The number of primary sulfonamides is 1. The average Bonchev–Trinajstić information content (AvgIpc) is 2.80. The summed E-state index contributed by atoms with van der Waals surface area (Å²) >= 11 is 0. The molecule has 1 fully saturated rings. The first kappa shape index (κ1) is 13.9. The first-order chi connectivity index (χ1) is 8.88. The Morgan fingerprint density at radius 1 is 1.47 bits per heavy atom. The summed E-state index contributed by atoms with van der Waals surface area (Å²) in [5.41, 5.74) is -0.0719. The molecule has 1 aromatic carbocycles. The Hall–Kier alpha value is -1.51. The fourth-order valence-electron chi connectivity index (χ4n) is 1.67. The molecular formula is C11H12FNO5S. The number of halogens is 1. The molecule has 2 rings (SSSR count). The third-order valence-electron chi connectivity index (χ3n) is 2.64. The van der Waals surface area contributed by atoms with Crippen molar-refractivity contribution in [3.05, 3.63) is 29.6 Å². The summed E-state index contributed by atoms with van der Waals surface area (Å²) in [5.74, 6) is -1.75. The maximum atomic E-state index is 13.3. The molecule has 8 heteroatoms. The summed E-state index contributed by atoms with van der Waals surface area (Å²) in [6.45, 7) is 0.804. The van der Waals surface area contributed by atoms with Crippen LogP contribution >= 0.6 is 0 Å². The molecule has 0 bridgehead atoms. The van der Waals surface area contributed by atoms with Crippen LogP contribution in [0.25, 0.3) is 0 Å². The number of esters is 1. The number of carbonyl (C=O) groups is 1. The van der Waals surface area contributed by atoms with E-state index in [9.17, 15) is 17.6 Å². The number of ether oxygens (including phenoxy) is 2. The van der Waals surface area contributed by atoms with E-state index in [2.05, 4.69) is 0 Å². The van der Waals surface area contributed by atoms with Crippen LogP contribution in [-0.2, 0) is 19.5 Å². The summed E-state index contributed by atoms with van der Waals surface area (Å²) in [5, 5.41) is 4.85. The lowest BCUT2D eigenvalue weighted by molar-refractivity contribution is 0.0270. The van der Waals surface area contributed by atoms with Crippen LogP contribution in [0, 0.1) is 5.82 Å². The maximum absolute atomic E-state index is 13.3. The van der Waals surface area contributed by atoms with Crippen LogP contribution in [0.1, 0.15) is 16.8 Å². The summed E-state index contributed by atoms with van der Waals surface area (Å²) in [4.78, 5) is 11.0. The van der Waals surface area contributed by atoms with E-state index < -0.39 is 26.7 Å². The first-order valence-corrected chi connectivity index (χ1v) is 7.03. The van der Waals surface area contributed by atoms with Gasteiger partial charge in [-0.1, -0.05) is 0 Å². The smallest absolute Gasteiger partial charge is 0.338 e. The van der Waals surface area contributed by atoms with Gasteiger partial charge >= 0.3 is 5.97 Å². The minimum Gasteiger partial charge on any atom is -0.456 e. The van der Waals surface area contributed by atoms with Crippen molar-refractivity contribution in [2.45, 2.75) is 17.4 Å². The fraction of sp³-hybridized carbons (Fsp3) is 0.364. The van der Waals surface area contributed by atoms with Gasteiger partial charge in [0.2, 0.25) is 10.0 Å². The van der Waals surface area contributed by atoms with Gasteiger partial charge in [-0.05, 0) is 18.2 Å². The van der Waals surface area contributed by atoms with Crippen molar-refractivity contribution in [1.82, 2.24) is 0 Å². The van der Waals surface area contributed by atoms with E-state index in [1.165, 1.54) is 0 Å². The fourth-order valence-corrected chi connectivity index (χ4v) is 2.30. The van der Waals surface area contributed by atoms with Gasteiger partial charge in [0.25, 0.3) is 0 Å². The van der Waals surface area contributed by atoms with Gasteiger partial charge in [-0.25, -0.2) is 22.7 Å². The van der Waals surface area contributed by atoms with Gasteiger partial charge in [-0.15, -0.1) is 0 Å². The minimum absolute atomic E-state index is 0.0719. The van der Waals surface area contributed by atoms with Crippen molar-refractivity contribution in [2.75, 3.05) is 13.2 Å². The molecule has 1 heterocycles. The van der Waals surface area contributed by atoms with E-state index in [0.717, 1.165) is 18.2 Å². The molecule has 104 valence electrons. The maximum Gasteiger partial charge on any atom is 0.338 e. The second-order valence-corrected chi connectivity index (χ2v) is 5.61. The second kappa shape index (κ2) is 5.24. The molecule has 0 amide bonds. The van der Waals surface area contributed by atoms with Crippen molar-refractivity contribution in [3.8, 4) is 0 Å². The molecule has 0 saturated carbocycles. The number of hydrogen-bond donors (Lipinski definition) is 1. The van der Waals surface area contributed by atoms with E-state index in [1.807, 2.05) is 0 Å². The van der Waals surface area contributed by atoms with E-state index in [0.29, 0.717) is 19.6 Å². The average molecular weight is 289 g/mol. The van der Waals surface area contributed by atoms with E-state index in [4.69, 9.17) is 14.6 Å². The largest absolute Gasteiger partial charge is 0.456 e. The number of rotatable bonds is 3. The van der Waals surface area contributed by atoms with Gasteiger partial charge in [0.15, 0.2) is 0 Å². The van der Waals surface area contributed by atoms with E-state index >= 15 is 0 Å². The minimum atomic E-state index is -4.22. The molecule has 1 aliphatic heterocycles. The molecule has 0 aliphatic carbocycles. The summed E-state index contributed by atoms with van der Waals surface area (Å²) < 4.78 is 45.7. The van der Waals surface area contributed by atoms with Crippen LogP contribution in [0.15, 0.2) is 23.1 Å². The van der Waals surface area contributed by atoms with E-state index in [1.54, 1.807) is 0 Å². The highest BCUT2D eigenvalue weighted by Gasteiger charge is 2.23. The van der Waals surface area contributed by atoms with E-state index in [-0.39, 0.29) is 11.7 Å². The molecule has 6 nitrogen and oxygen atoms in total.